The summed E-state index contributed by atoms with van der Waals surface area (Å²) in [6.07, 6.45) is 0.671. The number of anilines is 2. The number of carbonyl (C=O) groups excluding carboxylic acids is 1. The Bertz CT molecular complexity index is 606. The monoisotopic (exact) mass is 344 g/mol. The average Bonchev–Trinajstić information content (AvgIpc) is 3.29. The average molecular weight is 344 g/mol. The fourth-order valence-electron chi connectivity index (χ4n) is 4.48. The zero-order valence-corrected chi connectivity index (χ0v) is 14.9. The Morgan fingerprint density at radius 3 is 2.16 bits per heavy atom. The Kier molecular flexibility index (Phi) is 4.46. The quantitative estimate of drug-likeness (QED) is 0.869. The highest BCUT2D eigenvalue weighted by atomic mass is 16.3. The number of urea groups is 1. The molecule has 3 unspecified atom stereocenters. The Labute approximate surface area is 149 Å². The zero-order valence-electron chi connectivity index (χ0n) is 14.9. The number of aliphatic hydroxyl groups excluding tert-OH is 1. The summed E-state index contributed by atoms with van der Waals surface area (Å²) in [5.74, 6) is 1.16. The second-order valence-corrected chi connectivity index (χ2v) is 7.57. The Morgan fingerprint density at radius 1 is 1.04 bits per heavy atom. The summed E-state index contributed by atoms with van der Waals surface area (Å²) in [6.45, 7) is 8.13. The Balaban J connectivity index is 1.35. The van der Waals surface area contributed by atoms with Gasteiger partial charge in [-0.25, -0.2) is 4.79 Å². The van der Waals surface area contributed by atoms with E-state index in [2.05, 4.69) is 39.4 Å². The van der Waals surface area contributed by atoms with Gasteiger partial charge in [0.05, 0.1) is 6.10 Å². The molecule has 3 fully saturated rings. The summed E-state index contributed by atoms with van der Waals surface area (Å²) in [7, 11) is 0. The fraction of sp³-hybridized carbons (Fsp3) is 0.632. The lowest BCUT2D eigenvalue weighted by Crippen LogP contribution is -2.40. The second kappa shape index (κ2) is 6.75. The molecule has 0 bridgehead atoms. The maximum atomic E-state index is 12.0. The molecular formula is C19H28N4O2. The first kappa shape index (κ1) is 16.5. The number of likely N-dealkylation sites (tertiary alicyclic amines) is 1. The predicted molar refractivity (Wildman–Crippen MR) is 99.1 cm³/mol. The van der Waals surface area contributed by atoms with Crippen molar-refractivity contribution in [2.45, 2.75) is 19.4 Å². The molecule has 0 aromatic heterocycles. The number of hydrogen-bond acceptors (Lipinski definition) is 4. The molecule has 25 heavy (non-hydrogen) atoms. The van der Waals surface area contributed by atoms with Crippen LogP contribution >= 0.6 is 0 Å². The van der Waals surface area contributed by atoms with Gasteiger partial charge in [0.15, 0.2) is 0 Å². The topological polar surface area (TPSA) is 59.1 Å². The van der Waals surface area contributed by atoms with Crippen LogP contribution in [0.4, 0.5) is 16.2 Å². The second-order valence-electron chi connectivity index (χ2n) is 7.57. The standard InChI is InChI=1S/C19H28N4O2/c1-2-20-19(25)23-11-14-9-22(10-15(14)12-23)17-5-3-16(4-6-17)21-8-7-18(24)13-21/h3-6,14-15,18,24H,2,7-13H2,1H3,(H,20,25). The molecule has 3 saturated heterocycles. The minimum Gasteiger partial charge on any atom is -0.391 e. The van der Waals surface area contributed by atoms with E-state index in [1.54, 1.807) is 0 Å². The first-order chi connectivity index (χ1) is 12.1. The normalized spacial score (nSPS) is 28.6. The maximum Gasteiger partial charge on any atom is 0.317 e. The van der Waals surface area contributed by atoms with Crippen molar-refractivity contribution in [2.24, 2.45) is 11.8 Å². The van der Waals surface area contributed by atoms with Gasteiger partial charge in [0.2, 0.25) is 0 Å². The van der Waals surface area contributed by atoms with Crippen LogP contribution in [0.15, 0.2) is 24.3 Å². The summed E-state index contributed by atoms with van der Waals surface area (Å²) >= 11 is 0. The molecule has 1 aromatic carbocycles. The van der Waals surface area contributed by atoms with Crippen molar-refractivity contribution in [3.05, 3.63) is 24.3 Å². The molecule has 0 aliphatic carbocycles. The third kappa shape index (κ3) is 3.27. The SMILES string of the molecule is CCNC(=O)N1CC2CN(c3ccc(N4CCC(O)C4)cc3)CC2C1. The fourth-order valence-corrected chi connectivity index (χ4v) is 4.48. The smallest absolute Gasteiger partial charge is 0.317 e. The number of fused-ring (bicyclic) bond motifs is 1. The van der Waals surface area contributed by atoms with Crippen LogP contribution < -0.4 is 15.1 Å². The molecule has 2 N–H and O–H groups in total. The van der Waals surface area contributed by atoms with Gasteiger partial charge in [0, 0.05) is 69.0 Å². The van der Waals surface area contributed by atoms with Gasteiger partial charge in [-0.2, -0.15) is 0 Å². The van der Waals surface area contributed by atoms with E-state index in [4.69, 9.17) is 0 Å². The number of nitrogens with one attached hydrogen (secondary N) is 1. The van der Waals surface area contributed by atoms with E-state index >= 15 is 0 Å². The summed E-state index contributed by atoms with van der Waals surface area (Å²) in [6, 6.07) is 8.82. The Morgan fingerprint density at radius 2 is 1.64 bits per heavy atom. The van der Waals surface area contributed by atoms with E-state index < -0.39 is 0 Å². The van der Waals surface area contributed by atoms with E-state index in [1.807, 2.05) is 11.8 Å². The molecule has 2 amide bonds. The van der Waals surface area contributed by atoms with E-state index in [9.17, 15) is 9.90 Å². The molecule has 6 nitrogen and oxygen atoms in total. The molecule has 3 aliphatic rings. The van der Waals surface area contributed by atoms with Crippen molar-refractivity contribution in [1.82, 2.24) is 10.2 Å². The molecule has 136 valence electrons. The van der Waals surface area contributed by atoms with Gasteiger partial charge in [0.25, 0.3) is 0 Å². The molecule has 3 heterocycles. The lowest BCUT2D eigenvalue weighted by atomic mass is 10.0. The lowest BCUT2D eigenvalue weighted by molar-refractivity contribution is 0.198. The molecule has 3 aliphatic heterocycles. The van der Waals surface area contributed by atoms with Crippen molar-refractivity contribution in [3.63, 3.8) is 0 Å². The van der Waals surface area contributed by atoms with Crippen molar-refractivity contribution in [3.8, 4) is 0 Å². The molecule has 6 heteroatoms. The molecule has 4 rings (SSSR count). The summed E-state index contributed by atoms with van der Waals surface area (Å²) in [4.78, 5) is 18.7. The van der Waals surface area contributed by atoms with Crippen LogP contribution in [-0.2, 0) is 0 Å². The number of rotatable bonds is 3. The van der Waals surface area contributed by atoms with Crippen LogP contribution in [-0.4, -0.2) is 68.0 Å². The molecule has 0 radical (unpaired) electrons. The van der Waals surface area contributed by atoms with Crippen LogP contribution in [0.2, 0.25) is 0 Å². The van der Waals surface area contributed by atoms with Gasteiger partial charge in [-0.15, -0.1) is 0 Å². The van der Waals surface area contributed by atoms with E-state index in [0.717, 1.165) is 45.7 Å². The first-order valence-electron chi connectivity index (χ1n) is 9.45. The highest BCUT2D eigenvalue weighted by Crippen LogP contribution is 2.34. The van der Waals surface area contributed by atoms with E-state index in [1.165, 1.54) is 11.4 Å². The van der Waals surface area contributed by atoms with Gasteiger partial charge in [-0.05, 0) is 37.6 Å². The lowest BCUT2D eigenvalue weighted by Gasteiger charge is -2.24. The van der Waals surface area contributed by atoms with Crippen molar-refractivity contribution >= 4 is 17.4 Å². The molecule has 3 atom stereocenters. The van der Waals surface area contributed by atoms with Crippen molar-refractivity contribution < 1.29 is 9.90 Å². The van der Waals surface area contributed by atoms with Gasteiger partial charge < -0.3 is 25.1 Å². The summed E-state index contributed by atoms with van der Waals surface area (Å²) < 4.78 is 0. The first-order valence-corrected chi connectivity index (χ1v) is 9.45. The number of carbonyl (C=O) groups is 1. The van der Waals surface area contributed by atoms with Crippen LogP contribution in [0, 0.1) is 11.8 Å². The molecule has 0 saturated carbocycles. The number of benzene rings is 1. The van der Waals surface area contributed by atoms with Crippen LogP contribution in [0.25, 0.3) is 0 Å². The highest BCUT2D eigenvalue weighted by molar-refractivity contribution is 5.74. The number of amides is 2. The number of nitrogens with zero attached hydrogens (tertiary/aromatic N) is 3. The largest absolute Gasteiger partial charge is 0.391 e. The summed E-state index contributed by atoms with van der Waals surface area (Å²) in [5, 5.41) is 12.6. The minimum atomic E-state index is -0.189. The van der Waals surface area contributed by atoms with Crippen LogP contribution in [0.1, 0.15) is 13.3 Å². The minimum absolute atomic E-state index is 0.0839. The number of β-amino-alcohol motifs (C(OH)–C–C–N with tert-alkyl or cyclic N) is 1. The zero-order chi connectivity index (χ0) is 17.4. The maximum absolute atomic E-state index is 12.0. The Hall–Kier alpha value is -1.95. The number of hydrogen-bond donors (Lipinski definition) is 2. The van der Waals surface area contributed by atoms with Gasteiger partial charge in [-0.3, -0.25) is 0 Å². The van der Waals surface area contributed by atoms with Crippen molar-refractivity contribution in [2.75, 3.05) is 55.6 Å². The molecule has 1 aromatic rings. The van der Waals surface area contributed by atoms with E-state index in [-0.39, 0.29) is 12.1 Å². The van der Waals surface area contributed by atoms with Gasteiger partial charge >= 0.3 is 6.03 Å². The van der Waals surface area contributed by atoms with Crippen molar-refractivity contribution in [1.29, 1.82) is 0 Å². The van der Waals surface area contributed by atoms with Crippen LogP contribution in [0.5, 0.6) is 0 Å². The van der Waals surface area contributed by atoms with Gasteiger partial charge in [0.1, 0.15) is 0 Å². The molecular weight excluding hydrogens is 316 g/mol. The summed E-state index contributed by atoms with van der Waals surface area (Å²) in [5.41, 5.74) is 2.46. The third-order valence-corrected chi connectivity index (χ3v) is 5.84. The van der Waals surface area contributed by atoms with Crippen LogP contribution in [0.3, 0.4) is 0 Å². The number of aliphatic hydroxyl groups is 1. The highest BCUT2D eigenvalue weighted by Gasteiger charge is 2.41. The molecule has 0 spiro atoms. The van der Waals surface area contributed by atoms with Gasteiger partial charge in [-0.1, -0.05) is 0 Å². The third-order valence-electron chi connectivity index (χ3n) is 5.84. The van der Waals surface area contributed by atoms with E-state index in [0.29, 0.717) is 18.4 Å². The predicted octanol–water partition coefficient (Wildman–Crippen LogP) is 1.36.